The summed E-state index contributed by atoms with van der Waals surface area (Å²) in [6, 6.07) is 45.4. The summed E-state index contributed by atoms with van der Waals surface area (Å²) < 4.78 is 48.3. The van der Waals surface area contributed by atoms with Gasteiger partial charge in [-0.2, -0.15) is 18.4 Å². The van der Waals surface area contributed by atoms with Gasteiger partial charge in [0.1, 0.15) is 0 Å². The largest absolute Gasteiger partial charge is 0.417 e. The summed E-state index contributed by atoms with van der Waals surface area (Å²) in [5, 5.41) is 13.7. The number of nitriles is 1. The Labute approximate surface area is 309 Å². The van der Waals surface area contributed by atoms with Crippen molar-refractivity contribution in [2.45, 2.75) is 20.0 Å². The first-order valence-corrected chi connectivity index (χ1v) is 17.4. The van der Waals surface area contributed by atoms with Gasteiger partial charge in [0, 0.05) is 27.1 Å². The van der Waals surface area contributed by atoms with E-state index in [0.29, 0.717) is 16.9 Å². The van der Waals surface area contributed by atoms with Crippen LogP contribution in [0.25, 0.3) is 82.1 Å². The smallest absolute Gasteiger partial charge is 0.309 e. The highest BCUT2D eigenvalue weighted by Crippen LogP contribution is 2.45. The predicted molar refractivity (Wildman–Crippen MR) is 211 cm³/mol. The lowest BCUT2D eigenvalue weighted by atomic mass is 9.93. The molecule has 0 saturated heterocycles. The molecule has 2 aromatic heterocycles. The minimum Gasteiger partial charge on any atom is -0.309 e. The van der Waals surface area contributed by atoms with Crippen molar-refractivity contribution in [1.29, 1.82) is 5.26 Å². The molecule has 0 N–H and O–H groups in total. The van der Waals surface area contributed by atoms with Gasteiger partial charge in [-0.25, -0.2) is 4.85 Å². The normalized spacial score (nSPS) is 11.8. The van der Waals surface area contributed by atoms with Crippen molar-refractivity contribution in [3.63, 3.8) is 0 Å². The van der Waals surface area contributed by atoms with E-state index in [1.54, 1.807) is 12.1 Å². The van der Waals surface area contributed by atoms with Crippen molar-refractivity contribution in [3.05, 3.63) is 173 Å². The molecule has 0 saturated carbocycles. The molecule has 0 radical (unpaired) electrons. The summed E-state index contributed by atoms with van der Waals surface area (Å²) in [5.74, 6) is 0. The molecule has 9 rings (SSSR count). The van der Waals surface area contributed by atoms with Gasteiger partial charge in [0.05, 0.1) is 57.2 Å². The van der Waals surface area contributed by atoms with E-state index in [9.17, 15) is 18.4 Å². The average molecular weight is 707 g/mol. The van der Waals surface area contributed by atoms with E-state index in [1.165, 1.54) is 12.1 Å². The van der Waals surface area contributed by atoms with Crippen LogP contribution in [0.15, 0.2) is 140 Å². The molecule has 2 heterocycles. The molecule has 54 heavy (non-hydrogen) atoms. The summed E-state index contributed by atoms with van der Waals surface area (Å²) in [5.41, 5.74) is 8.77. The van der Waals surface area contributed by atoms with E-state index in [2.05, 4.69) is 69.4 Å². The highest BCUT2D eigenvalue weighted by molar-refractivity contribution is 6.12. The third-order valence-corrected chi connectivity index (χ3v) is 10.3. The first-order chi connectivity index (χ1) is 26.1. The number of para-hydroxylation sites is 2. The third-order valence-electron chi connectivity index (χ3n) is 10.3. The Morgan fingerprint density at radius 2 is 1.13 bits per heavy atom. The van der Waals surface area contributed by atoms with Crippen LogP contribution in [-0.4, -0.2) is 9.13 Å². The summed E-state index contributed by atoms with van der Waals surface area (Å²) >= 11 is 0. The summed E-state index contributed by atoms with van der Waals surface area (Å²) in [6.45, 7) is 12.1. The molecule has 0 aliphatic heterocycles. The number of benzene rings is 7. The molecule has 0 amide bonds. The fourth-order valence-corrected chi connectivity index (χ4v) is 7.91. The van der Waals surface area contributed by atoms with E-state index >= 15 is 0 Å². The molecular weight excluding hydrogens is 678 g/mol. The maximum atomic E-state index is 14.7. The van der Waals surface area contributed by atoms with E-state index < -0.39 is 11.7 Å². The minimum atomic E-state index is -4.70. The van der Waals surface area contributed by atoms with E-state index in [0.717, 1.165) is 77.6 Å². The van der Waals surface area contributed by atoms with Gasteiger partial charge in [0.2, 0.25) is 0 Å². The van der Waals surface area contributed by atoms with Crippen LogP contribution in [0.5, 0.6) is 0 Å². The molecular formula is C47H29F3N4. The standard InChI is InChI=1S/C47H29F3N4/c1-28-12-19-43-37(22-28)34-8-4-6-10-41(34)53(43)45-21-16-32(52-3)26-39(45)36-18-15-31(33-17-14-30(27-51)24-40(33)47(48,49)50)25-46(36)54-42-11-7-5-9-35(42)38-23-29(2)13-20-44(38)54/h4-26H,1-2H3. The zero-order chi connectivity index (χ0) is 37.3. The number of fused-ring (bicyclic) bond motifs is 6. The fraction of sp³-hybridized carbons (Fsp3) is 0.0638. The van der Waals surface area contributed by atoms with Crippen LogP contribution < -0.4 is 0 Å². The number of aryl methyl sites for hydroxylation is 2. The molecule has 7 aromatic carbocycles. The SMILES string of the molecule is [C-]#[N+]c1ccc(-n2c3ccccc3c3cc(C)ccc32)c(-c2ccc(-c3ccc(C#N)cc3C(F)(F)F)cc2-n2c3ccccc3c3cc(C)ccc32)c1. The lowest BCUT2D eigenvalue weighted by Gasteiger charge is -2.21. The summed E-state index contributed by atoms with van der Waals surface area (Å²) in [6.07, 6.45) is -4.70. The fourth-order valence-electron chi connectivity index (χ4n) is 7.91. The number of nitrogens with zero attached hydrogens (tertiary/aromatic N) is 4. The lowest BCUT2D eigenvalue weighted by molar-refractivity contribution is -0.137. The molecule has 9 aromatic rings. The van der Waals surface area contributed by atoms with Crippen molar-refractivity contribution < 1.29 is 13.2 Å². The van der Waals surface area contributed by atoms with Gasteiger partial charge in [-0.3, -0.25) is 0 Å². The molecule has 258 valence electrons. The van der Waals surface area contributed by atoms with E-state index in [-0.39, 0.29) is 11.1 Å². The molecule has 0 fully saturated rings. The van der Waals surface area contributed by atoms with Crippen LogP contribution >= 0.6 is 0 Å². The Balaban J connectivity index is 1.42. The first kappa shape index (κ1) is 32.8. The second kappa shape index (κ2) is 12.3. The topological polar surface area (TPSA) is 38.0 Å². The zero-order valence-electron chi connectivity index (χ0n) is 29.2. The minimum absolute atomic E-state index is 0.0289. The first-order valence-electron chi connectivity index (χ1n) is 17.4. The van der Waals surface area contributed by atoms with Gasteiger partial charge in [-0.05, 0) is 97.3 Å². The third kappa shape index (κ3) is 5.13. The lowest BCUT2D eigenvalue weighted by Crippen LogP contribution is -2.08. The van der Waals surface area contributed by atoms with Gasteiger partial charge in [-0.15, -0.1) is 0 Å². The zero-order valence-corrected chi connectivity index (χ0v) is 29.2. The van der Waals surface area contributed by atoms with Gasteiger partial charge in [0.15, 0.2) is 5.69 Å². The van der Waals surface area contributed by atoms with Crippen molar-refractivity contribution in [2.24, 2.45) is 0 Å². The van der Waals surface area contributed by atoms with Crippen LogP contribution in [0.2, 0.25) is 0 Å². The summed E-state index contributed by atoms with van der Waals surface area (Å²) in [7, 11) is 0. The van der Waals surface area contributed by atoms with Crippen molar-refractivity contribution in [2.75, 3.05) is 0 Å². The van der Waals surface area contributed by atoms with Crippen LogP contribution in [-0.2, 0) is 6.18 Å². The second-order valence-corrected chi connectivity index (χ2v) is 13.7. The maximum Gasteiger partial charge on any atom is 0.417 e. The Kier molecular flexibility index (Phi) is 7.44. The van der Waals surface area contributed by atoms with Gasteiger partial charge < -0.3 is 9.13 Å². The monoisotopic (exact) mass is 706 g/mol. The molecule has 0 aliphatic carbocycles. The second-order valence-electron chi connectivity index (χ2n) is 13.7. The van der Waals surface area contributed by atoms with E-state index in [1.807, 2.05) is 73.7 Å². The number of aromatic nitrogens is 2. The number of alkyl halides is 3. The maximum absolute atomic E-state index is 14.7. The summed E-state index contributed by atoms with van der Waals surface area (Å²) in [4.78, 5) is 3.82. The Hall–Kier alpha value is -7.09. The van der Waals surface area contributed by atoms with Crippen LogP contribution in [0.3, 0.4) is 0 Å². The number of hydrogen-bond donors (Lipinski definition) is 0. The average Bonchev–Trinajstić information content (AvgIpc) is 3.68. The van der Waals surface area contributed by atoms with Gasteiger partial charge in [0.25, 0.3) is 0 Å². The van der Waals surface area contributed by atoms with Crippen LogP contribution in [0, 0.1) is 31.8 Å². The molecule has 0 bridgehead atoms. The Morgan fingerprint density at radius 3 is 1.72 bits per heavy atom. The highest BCUT2D eigenvalue weighted by Gasteiger charge is 2.34. The number of halogens is 3. The van der Waals surface area contributed by atoms with Crippen molar-refractivity contribution in [1.82, 2.24) is 9.13 Å². The van der Waals surface area contributed by atoms with Crippen molar-refractivity contribution in [3.8, 4) is 39.7 Å². The number of rotatable bonds is 4. The number of hydrogen-bond acceptors (Lipinski definition) is 1. The predicted octanol–water partition coefficient (Wildman–Crippen LogP) is 13.3. The highest BCUT2D eigenvalue weighted by atomic mass is 19.4. The molecule has 0 unspecified atom stereocenters. The molecule has 0 aliphatic rings. The molecule has 4 nitrogen and oxygen atoms in total. The molecule has 7 heteroatoms. The Morgan fingerprint density at radius 1 is 0.556 bits per heavy atom. The quantitative estimate of drug-likeness (QED) is 0.168. The van der Waals surface area contributed by atoms with Crippen molar-refractivity contribution >= 4 is 49.3 Å². The Bertz CT molecular complexity index is 3090. The van der Waals surface area contributed by atoms with Crippen LogP contribution in [0.1, 0.15) is 22.3 Å². The van der Waals surface area contributed by atoms with Crippen LogP contribution in [0.4, 0.5) is 18.9 Å². The van der Waals surface area contributed by atoms with E-state index in [4.69, 9.17) is 6.57 Å². The molecule has 0 atom stereocenters. The van der Waals surface area contributed by atoms with Gasteiger partial charge in [-0.1, -0.05) is 83.9 Å². The van der Waals surface area contributed by atoms with Gasteiger partial charge >= 0.3 is 6.18 Å². The molecule has 0 spiro atoms.